The number of hydrogen-bond acceptors (Lipinski definition) is 1. The molecule has 0 amide bonds. The maximum absolute atomic E-state index is 12.7. The highest BCUT2D eigenvalue weighted by Gasteiger charge is 2.41. The number of rotatable bonds is 1. The molecule has 1 heterocycles. The molecular formula is C12H13F4N. The highest BCUT2D eigenvalue weighted by atomic mass is 19.4. The second kappa shape index (κ2) is 4.64. The summed E-state index contributed by atoms with van der Waals surface area (Å²) < 4.78 is 50.0. The summed E-state index contributed by atoms with van der Waals surface area (Å²) >= 11 is 0. The van der Waals surface area contributed by atoms with Gasteiger partial charge in [-0.25, -0.2) is 4.39 Å². The van der Waals surface area contributed by atoms with Crippen molar-refractivity contribution in [3.05, 3.63) is 35.6 Å². The molecule has 2 unspecified atom stereocenters. The van der Waals surface area contributed by atoms with Crippen molar-refractivity contribution < 1.29 is 17.6 Å². The predicted octanol–water partition coefficient (Wildman–Crippen LogP) is 3.43. The molecule has 1 aliphatic rings. The minimum absolute atomic E-state index is 0.0639. The largest absolute Gasteiger partial charge is 0.393 e. The number of piperidine rings is 1. The third kappa shape index (κ3) is 2.97. The highest BCUT2D eigenvalue weighted by Crippen LogP contribution is 2.35. The van der Waals surface area contributed by atoms with Crippen molar-refractivity contribution in [2.24, 2.45) is 5.92 Å². The van der Waals surface area contributed by atoms with Gasteiger partial charge in [0.15, 0.2) is 0 Å². The Morgan fingerprint density at radius 3 is 2.18 bits per heavy atom. The molecule has 2 atom stereocenters. The second-order valence-corrected chi connectivity index (χ2v) is 4.33. The quantitative estimate of drug-likeness (QED) is 0.750. The topological polar surface area (TPSA) is 12.0 Å². The molecule has 1 aliphatic heterocycles. The maximum atomic E-state index is 12.7. The molecule has 0 aliphatic carbocycles. The van der Waals surface area contributed by atoms with Gasteiger partial charge in [-0.05, 0) is 30.5 Å². The van der Waals surface area contributed by atoms with Crippen LogP contribution in [0.1, 0.15) is 24.4 Å². The van der Waals surface area contributed by atoms with Gasteiger partial charge in [-0.1, -0.05) is 12.1 Å². The average molecular weight is 247 g/mol. The summed E-state index contributed by atoms with van der Waals surface area (Å²) in [6, 6.07) is 5.77. The summed E-state index contributed by atoms with van der Waals surface area (Å²) in [7, 11) is 0. The van der Waals surface area contributed by atoms with Gasteiger partial charge in [0.2, 0.25) is 0 Å². The van der Waals surface area contributed by atoms with Crippen molar-refractivity contribution in [2.45, 2.75) is 25.1 Å². The van der Waals surface area contributed by atoms with E-state index in [1.807, 2.05) is 0 Å². The molecule has 0 aromatic heterocycles. The van der Waals surface area contributed by atoms with Crippen LogP contribution in [0.3, 0.4) is 0 Å². The number of hydrogen-bond donors (Lipinski definition) is 1. The first-order chi connectivity index (χ1) is 7.97. The van der Waals surface area contributed by atoms with E-state index in [0.29, 0.717) is 6.42 Å². The van der Waals surface area contributed by atoms with E-state index in [-0.39, 0.29) is 24.8 Å². The lowest BCUT2D eigenvalue weighted by Crippen LogP contribution is -2.40. The van der Waals surface area contributed by atoms with Crippen LogP contribution < -0.4 is 5.32 Å². The summed E-state index contributed by atoms with van der Waals surface area (Å²) in [6.45, 7) is -0.0639. The van der Waals surface area contributed by atoms with Crippen LogP contribution in [-0.4, -0.2) is 12.7 Å². The van der Waals surface area contributed by atoms with Crippen molar-refractivity contribution in [3.8, 4) is 0 Å². The van der Waals surface area contributed by atoms with Crippen LogP contribution >= 0.6 is 0 Å². The molecule has 0 saturated carbocycles. The van der Waals surface area contributed by atoms with Crippen molar-refractivity contribution >= 4 is 0 Å². The number of benzene rings is 1. The Labute approximate surface area is 96.8 Å². The summed E-state index contributed by atoms with van der Waals surface area (Å²) in [5, 5.41) is 2.87. The normalized spacial score (nSPS) is 25.9. The van der Waals surface area contributed by atoms with Crippen molar-refractivity contribution in [2.75, 3.05) is 6.54 Å². The fraction of sp³-hybridized carbons (Fsp3) is 0.500. The molecule has 0 bridgehead atoms. The zero-order valence-electron chi connectivity index (χ0n) is 9.10. The van der Waals surface area contributed by atoms with Gasteiger partial charge in [0.05, 0.1) is 5.92 Å². The number of nitrogens with one attached hydrogen (secondary N) is 1. The fourth-order valence-corrected chi connectivity index (χ4v) is 2.12. The van der Waals surface area contributed by atoms with Crippen LogP contribution in [0, 0.1) is 11.7 Å². The lowest BCUT2D eigenvalue weighted by molar-refractivity contribution is -0.179. The minimum atomic E-state index is -4.12. The molecule has 2 rings (SSSR count). The molecular weight excluding hydrogens is 234 g/mol. The predicted molar refractivity (Wildman–Crippen MR) is 55.9 cm³/mol. The molecule has 1 nitrogen and oxygen atoms in total. The lowest BCUT2D eigenvalue weighted by atomic mass is 9.90. The Bertz CT molecular complexity index is 363. The average Bonchev–Trinajstić information content (AvgIpc) is 2.29. The van der Waals surface area contributed by atoms with E-state index in [0.717, 1.165) is 5.56 Å². The van der Waals surface area contributed by atoms with E-state index in [4.69, 9.17) is 0 Å². The summed E-state index contributed by atoms with van der Waals surface area (Å²) in [5.41, 5.74) is 0.840. The molecule has 5 heteroatoms. The number of halogens is 4. The van der Waals surface area contributed by atoms with Crippen LogP contribution in [0.25, 0.3) is 0 Å². The molecule has 1 aromatic carbocycles. The smallest absolute Gasteiger partial charge is 0.309 e. The van der Waals surface area contributed by atoms with E-state index >= 15 is 0 Å². The monoisotopic (exact) mass is 247 g/mol. The van der Waals surface area contributed by atoms with E-state index < -0.39 is 12.1 Å². The highest BCUT2D eigenvalue weighted by molar-refractivity contribution is 5.20. The Morgan fingerprint density at radius 2 is 1.71 bits per heavy atom. The van der Waals surface area contributed by atoms with Crippen molar-refractivity contribution in [1.82, 2.24) is 5.32 Å². The molecule has 94 valence electrons. The summed E-state index contributed by atoms with van der Waals surface area (Å²) in [5.74, 6) is -1.60. The molecule has 0 radical (unpaired) electrons. The second-order valence-electron chi connectivity index (χ2n) is 4.33. The summed E-state index contributed by atoms with van der Waals surface area (Å²) in [6.07, 6.45) is -3.57. The van der Waals surface area contributed by atoms with Gasteiger partial charge < -0.3 is 5.32 Å². The molecule has 1 saturated heterocycles. The Kier molecular flexibility index (Phi) is 3.38. The van der Waals surface area contributed by atoms with Crippen LogP contribution in [-0.2, 0) is 0 Å². The van der Waals surface area contributed by atoms with Gasteiger partial charge >= 0.3 is 6.18 Å². The van der Waals surface area contributed by atoms with Gasteiger partial charge in [-0.3, -0.25) is 0 Å². The SMILES string of the molecule is Fc1ccc(C2CCC(C(F)(F)F)CN2)cc1. The van der Waals surface area contributed by atoms with Crippen molar-refractivity contribution in [3.63, 3.8) is 0 Å². The molecule has 1 fully saturated rings. The van der Waals surface area contributed by atoms with Crippen LogP contribution in [0.2, 0.25) is 0 Å². The van der Waals surface area contributed by atoms with E-state index in [2.05, 4.69) is 5.32 Å². The first-order valence-electron chi connectivity index (χ1n) is 5.52. The van der Waals surface area contributed by atoms with E-state index in [9.17, 15) is 17.6 Å². The van der Waals surface area contributed by atoms with Crippen LogP contribution in [0.15, 0.2) is 24.3 Å². The molecule has 0 spiro atoms. The number of alkyl halides is 3. The zero-order valence-corrected chi connectivity index (χ0v) is 9.10. The third-order valence-electron chi connectivity index (χ3n) is 3.15. The van der Waals surface area contributed by atoms with Crippen LogP contribution in [0.4, 0.5) is 17.6 Å². The first kappa shape index (κ1) is 12.4. The van der Waals surface area contributed by atoms with Gasteiger partial charge in [-0.15, -0.1) is 0 Å². The molecule has 1 aromatic rings. The maximum Gasteiger partial charge on any atom is 0.393 e. The third-order valence-corrected chi connectivity index (χ3v) is 3.15. The summed E-state index contributed by atoms with van der Waals surface area (Å²) in [4.78, 5) is 0. The van der Waals surface area contributed by atoms with E-state index in [1.54, 1.807) is 12.1 Å². The molecule has 1 N–H and O–H groups in total. The van der Waals surface area contributed by atoms with E-state index in [1.165, 1.54) is 12.1 Å². The lowest BCUT2D eigenvalue weighted by Gasteiger charge is -2.31. The van der Waals surface area contributed by atoms with Gasteiger partial charge in [0.25, 0.3) is 0 Å². The van der Waals surface area contributed by atoms with Gasteiger partial charge in [0, 0.05) is 12.6 Å². The van der Waals surface area contributed by atoms with Crippen molar-refractivity contribution in [1.29, 1.82) is 0 Å². The Balaban J connectivity index is 1.97. The van der Waals surface area contributed by atoms with Gasteiger partial charge in [0.1, 0.15) is 5.82 Å². The molecule has 17 heavy (non-hydrogen) atoms. The Morgan fingerprint density at radius 1 is 1.06 bits per heavy atom. The Hall–Kier alpha value is -1.10. The first-order valence-corrected chi connectivity index (χ1v) is 5.52. The van der Waals surface area contributed by atoms with Gasteiger partial charge in [-0.2, -0.15) is 13.2 Å². The standard InChI is InChI=1S/C12H13F4N/c13-10-4-1-8(2-5-10)11-6-3-9(7-17-11)12(14,15)16/h1-2,4-5,9,11,17H,3,6-7H2. The minimum Gasteiger partial charge on any atom is -0.309 e. The fourth-order valence-electron chi connectivity index (χ4n) is 2.12. The zero-order chi connectivity index (χ0) is 12.5. The van der Waals surface area contributed by atoms with Crippen LogP contribution in [0.5, 0.6) is 0 Å².